The summed E-state index contributed by atoms with van der Waals surface area (Å²) in [6.07, 6.45) is -0.661. The van der Waals surface area contributed by atoms with Crippen LogP contribution >= 0.6 is 0 Å². The minimum Gasteiger partial charge on any atom is -0.467 e. The van der Waals surface area contributed by atoms with Crippen molar-refractivity contribution in [2.24, 2.45) is 0 Å². The predicted molar refractivity (Wildman–Crippen MR) is 113 cm³/mol. The third kappa shape index (κ3) is 6.69. The van der Waals surface area contributed by atoms with Crippen molar-refractivity contribution in [1.82, 2.24) is 15.5 Å². The summed E-state index contributed by atoms with van der Waals surface area (Å²) in [6.45, 7) is 2.54. The number of nitrogens with zero attached hydrogens (tertiary/aromatic N) is 1. The van der Waals surface area contributed by atoms with E-state index in [-0.39, 0.29) is 24.8 Å². The molecule has 2 rings (SSSR count). The van der Waals surface area contributed by atoms with Gasteiger partial charge in [0, 0.05) is 44.2 Å². The number of methoxy groups -OCH3 is 2. The van der Waals surface area contributed by atoms with E-state index in [4.69, 9.17) is 4.74 Å². The van der Waals surface area contributed by atoms with E-state index >= 15 is 0 Å². The van der Waals surface area contributed by atoms with Crippen LogP contribution in [0, 0.1) is 17.5 Å². The lowest BCUT2D eigenvalue weighted by atomic mass is 10.1. The average Bonchev–Trinajstić information content (AvgIpc) is 3.12. The van der Waals surface area contributed by atoms with Crippen molar-refractivity contribution >= 4 is 23.7 Å². The molecule has 1 aromatic rings. The zero-order valence-corrected chi connectivity index (χ0v) is 19.3. The Balaban J connectivity index is 2.10. The molecule has 1 aliphatic heterocycles. The predicted octanol–water partition coefficient (Wildman–Crippen LogP) is 1.18. The van der Waals surface area contributed by atoms with Crippen molar-refractivity contribution in [1.29, 1.82) is 0 Å². The summed E-state index contributed by atoms with van der Waals surface area (Å²) in [4.78, 5) is 50.4. The maximum Gasteiger partial charge on any atom is 0.328 e. The fraction of sp³-hybridized carbons (Fsp3) is 0.545. The van der Waals surface area contributed by atoms with E-state index in [0.29, 0.717) is 6.07 Å². The molecule has 4 atom stereocenters. The SMILES string of the molecule is COC(=O)[C@H](C)NC(=O)[C@@H](NC(=O)C[C@@H]1CCC(=O)N1Cc1cc(F)cc(F)c1F)[C@@H](C)OC. The number of benzene rings is 1. The minimum absolute atomic E-state index is 0.0758. The molecule has 12 heteroatoms. The first-order chi connectivity index (χ1) is 16.0. The first-order valence-electron chi connectivity index (χ1n) is 10.6. The molecule has 1 heterocycles. The topological polar surface area (TPSA) is 114 Å². The fourth-order valence-corrected chi connectivity index (χ4v) is 3.65. The zero-order valence-electron chi connectivity index (χ0n) is 19.3. The van der Waals surface area contributed by atoms with Crippen molar-refractivity contribution in [2.45, 2.75) is 63.9 Å². The van der Waals surface area contributed by atoms with Crippen LogP contribution in [0.25, 0.3) is 0 Å². The molecule has 188 valence electrons. The van der Waals surface area contributed by atoms with Crippen LogP contribution in [0.4, 0.5) is 13.2 Å². The summed E-state index contributed by atoms with van der Waals surface area (Å²) in [5.41, 5.74) is -0.347. The van der Waals surface area contributed by atoms with E-state index < -0.39 is 71.9 Å². The fourth-order valence-electron chi connectivity index (χ4n) is 3.65. The van der Waals surface area contributed by atoms with Crippen LogP contribution in [-0.4, -0.2) is 67.0 Å². The number of ether oxygens (including phenoxy) is 2. The Bertz CT molecular complexity index is 945. The lowest BCUT2D eigenvalue weighted by Gasteiger charge is -2.27. The first kappa shape index (κ1) is 27.1. The Morgan fingerprint density at radius 1 is 1.15 bits per heavy atom. The third-order valence-corrected chi connectivity index (χ3v) is 5.64. The molecule has 0 aliphatic carbocycles. The van der Waals surface area contributed by atoms with Crippen LogP contribution in [0.3, 0.4) is 0 Å². The summed E-state index contributed by atoms with van der Waals surface area (Å²) in [5, 5.41) is 4.95. The molecule has 0 radical (unpaired) electrons. The largest absolute Gasteiger partial charge is 0.467 e. The smallest absolute Gasteiger partial charge is 0.328 e. The summed E-state index contributed by atoms with van der Waals surface area (Å²) in [6, 6.07) is -1.60. The number of nitrogens with one attached hydrogen (secondary N) is 2. The van der Waals surface area contributed by atoms with Gasteiger partial charge in [-0.25, -0.2) is 18.0 Å². The van der Waals surface area contributed by atoms with Gasteiger partial charge in [0.1, 0.15) is 17.9 Å². The van der Waals surface area contributed by atoms with Gasteiger partial charge < -0.3 is 25.0 Å². The van der Waals surface area contributed by atoms with E-state index in [2.05, 4.69) is 15.4 Å². The number of hydrogen-bond acceptors (Lipinski definition) is 6. The Morgan fingerprint density at radius 2 is 1.82 bits per heavy atom. The van der Waals surface area contributed by atoms with Gasteiger partial charge in [-0.3, -0.25) is 14.4 Å². The van der Waals surface area contributed by atoms with Crippen LogP contribution in [0.1, 0.15) is 38.7 Å². The molecule has 0 bridgehead atoms. The van der Waals surface area contributed by atoms with Gasteiger partial charge in [-0.15, -0.1) is 0 Å². The quantitative estimate of drug-likeness (QED) is 0.379. The first-order valence-corrected chi connectivity index (χ1v) is 10.6. The number of hydrogen-bond donors (Lipinski definition) is 2. The van der Waals surface area contributed by atoms with Crippen molar-refractivity contribution in [3.8, 4) is 0 Å². The van der Waals surface area contributed by atoms with Crippen LogP contribution < -0.4 is 10.6 Å². The van der Waals surface area contributed by atoms with Gasteiger partial charge in [-0.05, 0) is 26.3 Å². The highest BCUT2D eigenvalue weighted by molar-refractivity contribution is 5.91. The minimum atomic E-state index is -1.38. The number of amides is 3. The summed E-state index contributed by atoms with van der Waals surface area (Å²) < 4.78 is 50.9. The number of carbonyl (C=O) groups excluding carboxylic acids is 4. The Kier molecular flexibility index (Phi) is 9.42. The van der Waals surface area contributed by atoms with Gasteiger partial charge in [0.2, 0.25) is 17.7 Å². The molecule has 1 aromatic carbocycles. The number of halogens is 3. The number of esters is 1. The van der Waals surface area contributed by atoms with E-state index in [0.717, 1.165) is 6.07 Å². The molecule has 3 amide bonds. The van der Waals surface area contributed by atoms with Crippen molar-refractivity contribution in [3.05, 3.63) is 35.1 Å². The van der Waals surface area contributed by atoms with Crippen molar-refractivity contribution < 1.29 is 41.8 Å². The van der Waals surface area contributed by atoms with E-state index in [1.54, 1.807) is 6.92 Å². The van der Waals surface area contributed by atoms with Gasteiger partial charge in [-0.1, -0.05) is 0 Å². The molecule has 0 unspecified atom stereocenters. The second-order valence-electron chi connectivity index (χ2n) is 8.02. The zero-order chi connectivity index (χ0) is 25.6. The maximum atomic E-state index is 14.1. The number of likely N-dealkylation sites (tertiary alicyclic amines) is 1. The highest BCUT2D eigenvalue weighted by Gasteiger charge is 2.35. The molecule has 1 saturated heterocycles. The number of carbonyl (C=O) groups is 4. The average molecular weight is 487 g/mol. The molecule has 34 heavy (non-hydrogen) atoms. The van der Waals surface area contributed by atoms with Gasteiger partial charge in [0.25, 0.3) is 0 Å². The second kappa shape index (κ2) is 11.8. The van der Waals surface area contributed by atoms with Gasteiger partial charge in [0.15, 0.2) is 11.6 Å². The Hall–Kier alpha value is -3.15. The van der Waals surface area contributed by atoms with Crippen LogP contribution in [-0.2, 0) is 35.2 Å². The molecular formula is C22H28F3N3O6. The molecule has 0 aromatic heterocycles. The third-order valence-electron chi connectivity index (χ3n) is 5.64. The lowest BCUT2D eigenvalue weighted by molar-refractivity contribution is -0.145. The van der Waals surface area contributed by atoms with Gasteiger partial charge in [-0.2, -0.15) is 0 Å². The van der Waals surface area contributed by atoms with E-state index in [9.17, 15) is 32.3 Å². The molecule has 9 nitrogen and oxygen atoms in total. The summed E-state index contributed by atoms with van der Waals surface area (Å²) in [7, 11) is 2.51. The lowest BCUT2D eigenvalue weighted by Crippen LogP contribution is -2.56. The van der Waals surface area contributed by atoms with Crippen LogP contribution in [0.15, 0.2) is 12.1 Å². The van der Waals surface area contributed by atoms with Crippen LogP contribution in [0.2, 0.25) is 0 Å². The highest BCUT2D eigenvalue weighted by atomic mass is 19.2. The number of rotatable bonds is 10. The molecule has 1 fully saturated rings. The standard InChI is InChI=1S/C22H28F3N3O6/c1-11(22(32)34-4)26-21(31)20(12(2)33-3)27-17(29)9-15-5-6-18(30)28(15)10-13-7-14(23)8-16(24)19(13)25/h7-8,11-12,15,20H,5-6,9-10H2,1-4H3,(H,26,31)(H,27,29)/t11-,12+,15-,20-/m0/s1. The molecule has 0 saturated carbocycles. The Labute approximate surface area is 194 Å². The Morgan fingerprint density at radius 3 is 2.44 bits per heavy atom. The monoisotopic (exact) mass is 487 g/mol. The maximum absolute atomic E-state index is 14.1. The summed E-state index contributed by atoms with van der Waals surface area (Å²) in [5.74, 6) is -5.99. The molecule has 1 aliphatic rings. The van der Waals surface area contributed by atoms with Crippen molar-refractivity contribution in [3.63, 3.8) is 0 Å². The molecule has 0 spiro atoms. The van der Waals surface area contributed by atoms with Crippen molar-refractivity contribution in [2.75, 3.05) is 14.2 Å². The van der Waals surface area contributed by atoms with E-state index in [1.807, 2.05) is 0 Å². The normalized spacial score (nSPS) is 18.3. The molecular weight excluding hydrogens is 459 g/mol. The summed E-state index contributed by atoms with van der Waals surface area (Å²) >= 11 is 0. The molecule has 2 N–H and O–H groups in total. The van der Waals surface area contributed by atoms with Crippen LogP contribution in [0.5, 0.6) is 0 Å². The van der Waals surface area contributed by atoms with Gasteiger partial charge >= 0.3 is 5.97 Å². The van der Waals surface area contributed by atoms with Gasteiger partial charge in [0.05, 0.1) is 13.2 Å². The highest BCUT2D eigenvalue weighted by Crippen LogP contribution is 2.26. The van der Waals surface area contributed by atoms with E-state index in [1.165, 1.54) is 26.0 Å². The second-order valence-corrected chi connectivity index (χ2v) is 8.02.